The SMILES string of the molecule is Cc1cc(C(C)(C)C)c(O)c(C)c1CN1CN(C)C(=O)N(S)C1. The maximum absolute atomic E-state index is 11.8. The van der Waals surface area contributed by atoms with Gasteiger partial charge in [-0.3, -0.25) is 9.21 Å². The average molecular weight is 337 g/mol. The van der Waals surface area contributed by atoms with Gasteiger partial charge in [0.2, 0.25) is 0 Å². The molecular formula is C17H27N3O2S. The molecule has 6 heteroatoms. The molecule has 1 saturated heterocycles. The van der Waals surface area contributed by atoms with Crippen molar-refractivity contribution in [3.8, 4) is 5.75 Å². The molecule has 0 bridgehead atoms. The molecule has 0 aliphatic carbocycles. The van der Waals surface area contributed by atoms with E-state index in [0.29, 0.717) is 25.6 Å². The van der Waals surface area contributed by atoms with Crippen molar-refractivity contribution in [2.24, 2.45) is 0 Å². The fraction of sp³-hybridized carbons (Fsp3) is 0.588. The van der Waals surface area contributed by atoms with E-state index in [0.717, 1.165) is 22.3 Å². The highest BCUT2D eigenvalue weighted by atomic mass is 32.1. The summed E-state index contributed by atoms with van der Waals surface area (Å²) in [5, 5.41) is 10.6. The van der Waals surface area contributed by atoms with Gasteiger partial charge in [0, 0.05) is 13.6 Å². The lowest BCUT2D eigenvalue weighted by molar-refractivity contribution is 0.0771. The van der Waals surface area contributed by atoms with E-state index in [4.69, 9.17) is 0 Å². The summed E-state index contributed by atoms with van der Waals surface area (Å²) in [5.74, 6) is 0.377. The summed E-state index contributed by atoms with van der Waals surface area (Å²) in [6.07, 6.45) is 0. The van der Waals surface area contributed by atoms with Gasteiger partial charge in [0.25, 0.3) is 0 Å². The molecule has 1 aromatic rings. The molecule has 128 valence electrons. The number of carbonyl (C=O) groups is 1. The number of aryl methyl sites for hydroxylation is 1. The van der Waals surface area contributed by atoms with Gasteiger partial charge in [0.1, 0.15) is 5.75 Å². The number of phenols is 1. The molecule has 1 aliphatic rings. The van der Waals surface area contributed by atoms with E-state index in [-0.39, 0.29) is 11.4 Å². The fourth-order valence-electron chi connectivity index (χ4n) is 3.00. The van der Waals surface area contributed by atoms with Gasteiger partial charge in [0.05, 0.1) is 13.3 Å². The van der Waals surface area contributed by atoms with Crippen molar-refractivity contribution in [1.82, 2.24) is 14.1 Å². The zero-order chi connectivity index (χ0) is 17.5. The third kappa shape index (κ3) is 3.58. The van der Waals surface area contributed by atoms with E-state index >= 15 is 0 Å². The second-order valence-electron chi connectivity index (χ2n) is 7.44. The second kappa shape index (κ2) is 6.24. The Bertz CT molecular complexity index is 611. The van der Waals surface area contributed by atoms with Crippen molar-refractivity contribution >= 4 is 18.8 Å². The number of hydrogen-bond acceptors (Lipinski definition) is 4. The van der Waals surface area contributed by atoms with Gasteiger partial charge in [-0.2, -0.15) is 0 Å². The topological polar surface area (TPSA) is 47.0 Å². The molecule has 5 nitrogen and oxygen atoms in total. The molecule has 0 spiro atoms. The molecule has 0 atom stereocenters. The standard InChI is InChI=1S/C17H27N3O2S/c1-11-7-14(17(3,4)5)15(21)12(2)13(11)8-19-9-18(6)16(22)20(23)10-19/h7,21,23H,8-10H2,1-6H3. The molecule has 2 amide bonds. The smallest absolute Gasteiger partial charge is 0.331 e. The van der Waals surface area contributed by atoms with E-state index < -0.39 is 0 Å². The lowest BCUT2D eigenvalue weighted by atomic mass is 9.82. The van der Waals surface area contributed by atoms with Crippen LogP contribution in [0, 0.1) is 13.8 Å². The van der Waals surface area contributed by atoms with Crippen molar-refractivity contribution in [2.75, 3.05) is 20.4 Å². The minimum absolute atomic E-state index is 0.0936. The number of urea groups is 1. The van der Waals surface area contributed by atoms with Gasteiger partial charge in [-0.1, -0.05) is 39.7 Å². The lowest BCUT2D eigenvalue weighted by Gasteiger charge is -2.38. The summed E-state index contributed by atoms with van der Waals surface area (Å²) in [7, 11) is 1.76. The highest BCUT2D eigenvalue weighted by Crippen LogP contribution is 2.36. The summed E-state index contributed by atoms with van der Waals surface area (Å²) in [5.41, 5.74) is 4.06. The molecule has 1 fully saturated rings. The van der Waals surface area contributed by atoms with E-state index in [9.17, 15) is 9.90 Å². The van der Waals surface area contributed by atoms with Crippen LogP contribution in [0.15, 0.2) is 6.07 Å². The normalized spacial score (nSPS) is 17.1. The van der Waals surface area contributed by atoms with Crippen LogP contribution in [0.25, 0.3) is 0 Å². The molecule has 1 aliphatic heterocycles. The second-order valence-corrected chi connectivity index (χ2v) is 7.92. The van der Waals surface area contributed by atoms with Gasteiger partial charge in [-0.25, -0.2) is 4.79 Å². The van der Waals surface area contributed by atoms with Crippen LogP contribution < -0.4 is 0 Å². The van der Waals surface area contributed by atoms with Crippen LogP contribution in [0.1, 0.15) is 43.0 Å². The molecule has 23 heavy (non-hydrogen) atoms. The molecule has 0 radical (unpaired) electrons. The van der Waals surface area contributed by atoms with Gasteiger partial charge >= 0.3 is 6.03 Å². The Labute approximate surface area is 144 Å². The van der Waals surface area contributed by atoms with Crippen molar-refractivity contribution in [3.63, 3.8) is 0 Å². The van der Waals surface area contributed by atoms with Gasteiger partial charge < -0.3 is 10.0 Å². The van der Waals surface area contributed by atoms with Crippen LogP contribution in [0.5, 0.6) is 5.75 Å². The quantitative estimate of drug-likeness (QED) is 0.815. The molecule has 0 saturated carbocycles. The first-order chi connectivity index (χ1) is 10.5. The lowest BCUT2D eigenvalue weighted by Crippen LogP contribution is -2.53. The number of carbonyl (C=O) groups excluding carboxylic acids is 1. The molecule has 1 aromatic carbocycles. The van der Waals surface area contributed by atoms with E-state index in [1.54, 1.807) is 11.9 Å². The van der Waals surface area contributed by atoms with Crippen molar-refractivity contribution in [1.29, 1.82) is 0 Å². The predicted molar refractivity (Wildman–Crippen MR) is 95.5 cm³/mol. The van der Waals surface area contributed by atoms with Crippen LogP contribution in [0.4, 0.5) is 4.79 Å². The number of amides is 2. The van der Waals surface area contributed by atoms with Crippen LogP contribution >= 0.6 is 12.8 Å². The Morgan fingerprint density at radius 1 is 1.26 bits per heavy atom. The number of aromatic hydroxyl groups is 1. The van der Waals surface area contributed by atoms with Crippen molar-refractivity contribution in [3.05, 3.63) is 28.3 Å². The van der Waals surface area contributed by atoms with Crippen LogP contribution in [-0.2, 0) is 12.0 Å². The number of phenolic OH excluding ortho intramolecular Hbond substituents is 1. The Kier molecular flexibility index (Phi) is 4.87. The summed E-state index contributed by atoms with van der Waals surface area (Å²) < 4.78 is 1.40. The minimum Gasteiger partial charge on any atom is -0.507 e. The van der Waals surface area contributed by atoms with Gasteiger partial charge in [0.15, 0.2) is 0 Å². The van der Waals surface area contributed by atoms with Gasteiger partial charge in [-0.05, 0) is 41.5 Å². The van der Waals surface area contributed by atoms with Crippen LogP contribution in [0.2, 0.25) is 0 Å². The third-order valence-corrected chi connectivity index (χ3v) is 4.68. The van der Waals surface area contributed by atoms with Crippen LogP contribution in [0.3, 0.4) is 0 Å². The Hall–Kier alpha value is -1.40. The maximum atomic E-state index is 11.8. The zero-order valence-electron chi connectivity index (χ0n) is 14.8. The Morgan fingerprint density at radius 3 is 2.39 bits per heavy atom. The van der Waals surface area contributed by atoms with E-state index in [2.05, 4.69) is 51.5 Å². The first kappa shape index (κ1) is 17.9. The molecular weight excluding hydrogens is 310 g/mol. The Balaban J connectivity index is 2.31. The first-order valence-electron chi connectivity index (χ1n) is 7.78. The van der Waals surface area contributed by atoms with Crippen LogP contribution in [-0.4, -0.2) is 45.6 Å². The Morgan fingerprint density at radius 2 is 1.87 bits per heavy atom. The monoisotopic (exact) mass is 337 g/mol. The number of hydrogen-bond donors (Lipinski definition) is 2. The number of thiol groups is 1. The highest BCUT2D eigenvalue weighted by Gasteiger charge is 2.28. The highest BCUT2D eigenvalue weighted by molar-refractivity contribution is 7.78. The molecule has 1 N–H and O–H groups in total. The number of benzene rings is 1. The molecule has 1 heterocycles. The average Bonchev–Trinajstić information content (AvgIpc) is 2.43. The van der Waals surface area contributed by atoms with E-state index in [1.807, 2.05) is 6.92 Å². The van der Waals surface area contributed by atoms with Crippen molar-refractivity contribution < 1.29 is 9.90 Å². The zero-order valence-corrected chi connectivity index (χ0v) is 15.7. The van der Waals surface area contributed by atoms with Crippen molar-refractivity contribution in [2.45, 2.75) is 46.6 Å². The fourth-order valence-corrected chi connectivity index (χ4v) is 3.34. The first-order valence-corrected chi connectivity index (χ1v) is 8.18. The molecule has 2 rings (SSSR count). The summed E-state index contributed by atoms with van der Waals surface area (Å²) >= 11 is 4.22. The summed E-state index contributed by atoms with van der Waals surface area (Å²) in [6.45, 7) is 12.0. The molecule has 0 unspecified atom stereocenters. The van der Waals surface area contributed by atoms with Gasteiger partial charge in [-0.15, -0.1) is 0 Å². The third-order valence-electron chi connectivity index (χ3n) is 4.38. The van der Waals surface area contributed by atoms with E-state index in [1.165, 1.54) is 4.31 Å². The number of nitrogens with zero attached hydrogens (tertiary/aromatic N) is 3. The summed E-state index contributed by atoms with van der Waals surface area (Å²) in [4.78, 5) is 15.5. The minimum atomic E-state index is -0.0994. The predicted octanol–water partition coefficient (Wildman–Crippen LogP) is 3.24. The number of rotatable bonds is 2. The maximum Gasteiger partial charge on any atom is 0.331 e. The summed E-state index contributed by atoms with van der Waals surface area (Å²) in [6, 6.07) is 1.98. The molecule has 0 aromatic heterocycles. The largest absolute Gasteiger partial charge is 0.507 e.